The Bertz CT molecular complexity index is 1100. The van der Waals surface area contributed by atoms with Gasteiger partial charge in [0.2, 0.25) is 11.8 Å². The number of nitrogens with one attached hydrogen (secondary N) is 1. The molecule has 0 radical (unpaired) electrons. The van der Waals surface area contributed by atoms with Gasteiger partial charge in [-0.3, -0.25) is 9.59 Å². The van der Waals surface area contributed by atoms with E-state index < -0.39 is 0 Å². The molecule has 158 valence electrons. The summed E-state index contributed by atoms with van der Waals surface area (Å²) in [6, 6.07) is 15.0. The molecule has 1 aromatic heterocycles. The lowest BCUT2D eigenvalue weighted by atomic mass is 10.1. The molecule has 3 heterocycles. The van der Waals surface area contributed by atoms with Gasteiger partial charge in [-0.1, -0.05) is 23.9 Å². The van der Waals surface area contributed by atoms with Crippen LogP contribution in [0.2, 0.25) is 0 Å². The molecular formula is C23H22N4O3S. The van der Waals surface area contributed by atoms with Crippen molar-refractivity contribution in [1.29, 1.82) is 0 Å². The number of methoxy groups -OCH3 is 1. The first-order chi connectivity index (χ1) is 15.1. The van der Waals surface area contributed by atoms with Crippen LogP contribution in [0, 0.1) is 5.92 Å². The minimum atomic E-state index is -0.387. The van der Waals surface area contributed by atoms with Gasteiger partial charge in [0.15, 0.2) is 5.16 Å². The van der Waals surface area contributed by atoms with Crippen LogP contribution in [0.15, 0.2) is 59.9 Å². The predicted molar refractivity (Wildman–Crippen MR) is 120 cm³/mol. The number of amides is 2. The number of hydrogen-bond donors (Lipinski definition) is 1. The molecule has 3 aromatic rings. The Hall–Kier alpha value is -3.26. The molecule has 0 saturated carbocycles. The number of rotatable bonds is 5. The largest absolute Gasteiger partial charge is 0.497 e. The zero-order valence-corrected chi connectivity index (χ0v) is 17.9. The van der Waals surface area contributed by atoms with Crippen LogP contribution < -0.4 is 15.0 Å². The second-order valence-corrected chi connectivity index (χ2v) is 8.68. The van der Waals surface area contributed by atoms with E-state index in [-0.39, 0.29) is 24.2 Å². The highest BCUT2D eigenvalue weighted by atomic mass is 32.2. The molecule has 7 nitrogen and oxygen atoms in total. The Kier molecular flexibility index (Phi) is 5.15. The van der Waals surface area contributed by atoms with Crippen molar-refractivity contribution in [3.05, 3.63) is 54.7 Å². The number of thioether (sulfide) groups is 1. The minimum Gasteiger partial charge on any atom is -0.497 e. The van der Waals surface area contributed by atoms with Crippen LogP contribution in [0.1, 0.15) is 6.42 Å². The lowest BCUT2D eigenvalue weighted by molar-refractivity contribution is -0.122. The zero-order valence-electron chi connectivity index (χ0n) is 17.1. The molecule has 0 bridgehead atoms. The van der Waals surface area contributed by atoms with Gasteiger partial charge in [-0.05, 0) is 36.4 Å². The number of carbonyl (C=O) groups is 2. The molecule has 8 heteroatoms. The summed E-state index contributed by atoms with van der Waals surface area (Å²) < 4.78 is 7.33. The fourth-order valence-electron chi connectivity index (χ4n) is 3.91. The van der Waals surface area contributed by atoms with E-state index in [1.807, 2.05) is 48.5 Å². The van der Waals surface area contributed by atoms with E-state index in [0.29, 0.717) is 12.2 Å². The van der Waals surface area contributed by atoms with Gasteiger partial charge in [-0.25, -0.2) is 4.98 Å². The Balaban J connectivity index is 1.23. The molecule has 2 aliphatic rings. The summed E-state index contributed by atoms with van der Waals surface area (Å²) in [6.07, 6.45) is 2.27. The molecule has 1 fully saturated rings. The summed E-state index contributed by atoms with van der Waals surface area (Å²) in [5.74, 6) is 1.22. The standard InChI is InChI=1S/C23H22N4O3S/c1-30-19-8-6-18(7-9-19)27-13-16(12-21(27)28)22(29)24-17-4-2-15(3-5-17)20-14-26-10-11-31-23(26)25-20/h2-9,14,16H,10-13H2,1H3,(H,24,29). The molecule has 2 aliphatic heterocycles. The van der Waals surface area contributed by atoms with E-state index in [0.717, 1.165) is 40.1 Å². The van der Waals surface area contributed by atoms with Gasteiger partial charge in [0, 0.05) is 48.4 Å². The first-order valence-electron chi connectivity index (χ1n) is 10.2. The molecule has 0 aliphatic carbocycles. The van der Waals surface area contributed by atoms with Crippen molar-refractivity contribution in [2.75, 3.05) is 29.6 Å². The monoisotopic (exact) mass is 434 g/mol. The third-order valence-corrected chi connectivity index (χ3v) is 6.60. The Morgan fingerprint density at radius 3 is 2.65 bits per heavy atom. The van der Waals surface area contributed by atoms with Crippen molar-refractivity contribution in [2.24, 2.45) is 5.92 Å². The number of aryl methyl sites for hydroxylation is 1. The zero-order chi connectivity index (χ0) is 21.4. The van der Waals surface area contributed by atoms with Crippen LogP contribution in [0.3, 0.4) is 0 Å². The summed E-state index contributed by atoms with van der Waals surface area (Å²) in [4.78, 5) is 31.5. The topological polar surface area (TPSA) is 76.5 Å². The maximum atomic E-state index is 12.8. The number of benzene rings is 2. The molecule has 1 N–H and O–H groups in total. The molecule has 31 heavy (non-hydrogen) atoms. The number of nitrogens with zero attached hydrogens (tertiary/aromatic N) is 3. The quantitative estimate of drug-likeness (QED) is 0.663. The van der Waals surface area contributed by atoms with E-state index in [1.165, 1.54) is 0 Å². The Labute approximate surface area is 184 Å². The van der Waals surface area contributed by atoms with E-state index in [4.69, 9.17) is 4.74 Å². The van der Waals surface area contributed by atoms with E-state index in [9.17, 15) is 9.59 Å². The van der Waals surface area contributed by atoms with E-state index >= 15 is 0 Å². The second kappa shape index (κ2) is 8.11. The summed E-state index contributed by atoms with van der Waals surface area (Å²) in [6.45, 7) is 1.36. The number of carbonyl (C=O) groups excluding carboxylic acids is 2. The Morgan fingerprint density at radius 1 is 1.16 bits per heavy atom. The van der Waals surface area contributed by atoms with Gasteiger partial charge >= 0.3 is 0 Å². The van der Waals surface area contributed by atoms with Gasteiger partial charge in [0.1, 0.15) is 5.75 Å². The van der Waals surface area contributed by atoms with Crippen LogP contribution in [0.4, 0.5) is 11.4 Å². The average Bonchev–Trinajstić information content (AvgIpc) is 3.49. The second-order valence-electron chi connectivity index (χ2n) is 7.62. The summed E-state index contributed by atoms with van der Waals surface area (Å²) in [7, 11) is 1.60. The lowest BCUT2D eigenvalue weighted by Gasteiger charge is -2.17. The predicted octanol–water partition coefficient (Wildman–Crippen LogP) is 3.66. The van der Waals surface area contributed by atoms with Gasteiger partial charge < -0.3 is 19.5 Å². The van der Waals surface area contributed by atoms with Crippen molar-refractivity contribution in [3.8, 4) is 17.0 Å². The van der Waals surface area contributed by atoms with Crippen LogP contribution in [-0.4, -0.2) is 40.8 Å². The van der Waals surface area contributed by atoms with Crippen molar-refractivity contribution >= 4 is 35.0 Å². The molecule has 2 aromatic carbocycles. The van der Waals surface area contributed by atoms with Crippen LogP contribution in [0.25, 0.3) is 11.3 Å². The van der Waals surface area contributed by atoms with Gasteiger partial charge in [-0.15, -0.1) is 0 Å². The van der Waals surface area contributed by atoms with Crippen molar-refractivity contribution < 1.29 is 14.3 Å². The van der Waals surface area contributed by atoms with Crippen molar-refractivity contribution in [3.63, 3.8) is 0 Å². The number of anilines is 2. The smallest absolute Gasteiger partial charge is 0.229 e. The first kappa shape index (κ1) is 19.7. The third-order valence-electron chi connectivity index (χ3n) is 5.63. The highest BCUT2D eigenvalue weighted by Gasteiger charge is 2.35. The fourth-order valence-corrected chi connectivity index (χ4v) is 4.86. The van der Waals surface area contributed by atoms with Crippen molar-refractivity contribution in [2.45, 2.75) is 18.1 Å². The molecule has 1 atom stereocenters. The van der Waals surface area contributed by atoms with Crippen molar-refractivity contribution in [1.82, 2.24) is 9.55 Å². The highest BCUT2D eigenvalue weighted by molar-refractivity contribution is 7.99. The molecular weight excluding hydrogens is 412 g/mol. The van der Waals surface area contributed by atoms with Crippen LogP contribution in [-0.2, 0) is 16.1 Å². The maximum Gasteiger partial charge on any atom is 0.229 e. The molecule has 2 amide bonds. The maximum absolute atomic E-state index is 12.8. The summed E-state index contributed by atoms with van der Waals surface area (Å²) in [5, 5.41) is 4.00. The SMILES string of the molecule is COc1ccc(N2CC(C(=O)Nc3ccc(-c4cn5c(n4)SCC5)cc3)CC2=O)cc1. The number of fused-ring (bicyclic) bond motifs is 1. The summed E-state index contributed by atoms with van der Waals surface area (Å²) in [5.41, 5.74) is 3.44. The number of ether oxygens (including phenoxy) is 1. The van der Waals surface area contributed by atoms with Gasteiger partial charge in [-0.2, -0.15) is 0 Å². The van der Waals surface area contributed by atoms with Gasteiger partial charge in [0.25, 0.3) is 0 Å². The van der Waals surface area contributed by atoms with Crippen LogP contribution >= 0.6 is 11.8 Å². The number of hydrogen-bond acceptors (Lipinski definition) is 5. The highest BCUT2D eigenvalue weighted by Crippen LogP contribution is 2.30. The van der Waals surface area contributed by atoms with Gasteiger partial charge in [0.05, 0.1) is 18.7 Å². The lowest BCUT2D eigenvalue weighted by Crippen LogP contribution is -2.28. The van der Waals surface area contributed by atoms with E-state index in [2.05, 4.69) is 21.1 Å². The third kappa shape index (κ3) is 3.90. The summed E-state index contributed by atoms with van der Waals surface area (Å²) >= 11 is 1.77. The van der Waals surface area contributed by atoms with E-state index in [1.54, 1.807) is 23.8 Å². The fraction of sp³-hybridized carbons (Fsp3) is 0.261. The molecule has 0 spiro atoms. The number of imidazole rings is 1. The normalized spacial score (nSPS) is 17.6. The average molecular weight is 435 g/mol. The molecule has 5 rings (SSSR count). The minimum absolute atomic E-state index is 0.0497. The van der Waals surface area contributed by atoms with Crippen LogP contribution in [0.5, 0.6) is 5.75 Å². The first-order valence-corrected chi connectivity index (χ1v) is 11.1. The number of aromatic nitrogens is 2. The Morgan fingerprint density at radius 2 is 1.94 bits per heavy atom. The molecule has 1 saturated heterocycles. The molecule has 1 unspecified atom stereocenters.